The number of carbonyl (C=O) groups excluding carboxylic acids is 1. The number of halogens is 1. The van der Waals surface area contributed by atoms with E-state index >= 15 is 0 Å². The third kappa shape index (κ3) is 4.69. The van der Waals surface area contributed by atoms with Crippen molar-refractivity contribution in [2.45, 2.75) is 32.2 Å². The molecule has 1 aliphatic heterocycles. The fourth-order valence-electron chi connectivity index (χ4n) is 4.25. The molecule has 0 fully saturated rings. The van der Waals surface area contributed by atoms with Gasteiger partial charge in [-0.15, -0.1) is 10.2 Å². The van der Waals surface area contributed by atoms with E-state index in [1.165, 1.54) is 12.1 Å². The zero-order valence-corrected chi connectivity index (χ0v) is 18.7. The minimum atomic E-state index is -0.398. The smallest absolute Gasteiger partial charge is 0.262 e. The first-order chi connectivity index (χ1) is 16.7. The van der Waals surface area contributed by atoms with Gasteiger partial charge in [-0.05, 0) is 42.7 Å². The molecule has 172 valence electrons. The van der Waals surface area contributed by atoms with Gasteiger partial charge in [-0.25, -0.2) is 4.39 Å². The van der Waals surface area contributed by atoms with E-state index in [9.17, 15) is 9.18 Å². The lowest BCUT2D eigenvalue weighted by Gasteiger charge is -2.13. The van der Waals surface area contributed by atoms with Crippen molar-refractivity contribution in [3.63, 3.8) is 0 Å². The first kappa shape index (κ1) is 21.8. The highest BCUT2D eigenvalue weighted by Crippen LogP contribution is 2.30. The van der Waals surface area contributed by atoms with Gasteiger partial charge in [0.25, 0.3) is 5.91 Å². The molecule has 1 N–H and O–H groups in total. The SMILES string of the molecule is O=C(COc1ccccc1-c1ccccc1)Nc1ccc(F)c(-c2nnc3n2CCCCC3)c1. The quantitative estimate of drug-likeness (QED) is 0.416. The second-order valence-corrected chi connectivity index (χ2v) is 8.30. The van der Waals surface area contributed by atoms with Crippen LogP contribution in [0.25, 0.3) is 22.5 Å². The van der Waals surface area contributed by atoms with Crippen molar-refractivity contribution in [1.29, 1.82) is 0 Å². The summed E-state index contributed by atoms with van der Waals surface area (Å²) in [5, 5.41) is 11.3. The highest BCUT2D eigenvalue weighted by Gasteiger charge is 2.19. The molecule has 0 radical (unpaired) electrons. The lowest BCUT2D eigenvalue weighted by atomic mass is 10.1. The van der Waals surface area contributed by atoms with Gasteiger partial charge in [0.15, 0.2) is 12.4 Å². The fraction of sp³-hybridized carbons (Fsp3) is 0.222. The van der Waals surface area contributed by atoms with Gasteiger partial charge in [-0.2, -0.15) is 0 Å². The fourth-order valence-corrected chi connectivity index (χ4v) is 4.25. The van der Waals surface area contributed by atoms with E-state index in [1.807, 2.05) is 59.2 Å². The number of nitrogens with one attached hydrogen (secondary N) is 1. The van der Waals surface area contributed by atoms with E-state index in [2.05, 4.69) is 15.5 Å². The molecule has 7 heteroatoms. The van der Waals surface area contributed by atoms with Crippen molar-refractivity contribution < 1.29 is 13.9 Å². The van der Waals surface area contributed by atoms with Crippen LogP contribution in [0.3, 0.4) is 0 Å². The number of aryl methyl sites for hydroxylation is 1. The number of para-hydroxylation sites is 1. The Morgan fingerprint density at radius 3 is 2.65 bits per heavy atom. The third-order valence-electron chi connectivity index (χ3n) is 5.93. The normalized spacial score (nSPS) is 13.1. The van der Waals surface area contributed by atoms with Crippen LogP contribution in [0.5, 0.6) is 5.75 Å². The summed E-state index contributed by atoms with van der Waals surface area (Å²) in [7, 11) is 0. The van der Waals surface area contributed by atoms with Crippen LogP contribution in [0, 0.1) is 5.82 Å². The highest BCUT2D eigenvalue weighted by atomic mass is 19.1. The number of fused-ring (bicyclic) bond motifs is 1. The Morgan fingerprint density at radius 2 is 1.76 bits per heavy atom. The van der Waals surface area contributed by atoms with Crippen molar-refractivity contribution in [3.05, 3.63) is 84.4 Å². The average molecular weight is 457 g/mol. The maximum absolute atomic E-state index is 14.7. The predicted molar refractivity (Wildman–Crippen MR) is 129 cm³/mol. The van der Waals surface area contributed by atoms with Crippen LogP contribution < -0.4 is 10.1 Å². The number of anilines is 1. The molecule has 34 heavy (non-hydrogen) atoms. The number of hydrogen-bond acceptors (Lipinski definition) is 4. The Morgan fingerprint density at radius 1 is 0.941 bits per heavy atom. The molecular formula is C27H25FN4O2. The third-order valence-corrected chi connectivity index (χ3v) is 5.93. The summed E-state index contributed by atoms with van der Waals surface area (Å²) in [4.78, 5) is 12.6. The largest absolute Gasteiger partial charge is 0.483 e. The van der Waals surface area contributed by atoms with E-state index in [0.29, 0.717) is 22.8 Å². The zero-order valence-electron chi connectivity index (χ0n) is 18.7. The van der Waals surface area contributed by atoms with Crippen LogP contribution in [0.15, 0.2) is 72.8 Å². The highest BCUT2D eigenvalue weighted by molar-refractivity contribution is 5.92. The minimum Gasteiger partial charge on any atom is -0.483 e. The number of rotatable bonds is 6. The van der Waals surface area contributed by atoms with Gasteiger partial charge in [-0.3, -0.25) is 4.79 Å². The number of amides is 1. The van der Waals surface area contributed by atoms with Gasteiger partial charge in [0.2, 0.25) is 0 Å². The van der Waals surface area contributed by atoms with Gasteiger partial charge in [0.1, 0.15) is 17.4 Å². The van der Waals surface area contributed by atoms with E-state index in [4.69, 9.17) is 4.74 Å². The summed E-state index contributed by atoms with van der Waals surface area (Å²) >= 11 is 0. The number of carbonyl (C=O) groups is 1. The monoisotopic (exact) mass is 456 g/mol. The Kier molecular flexibility index (Phi) is 6.33. The molecule has 1 amide bonds. The Labute approximate surface area is 197 Å². The Bertz CT molecular complexity index is 1300. The minimum absolute atomic E-state index is 0.170. The summed E-state index contributed by atoms with van der Waals surface area (Å²) in [6, 6.07) is 21.9. The number of ether oxygens (including phenoxy) is 1. The molecule has 1 aromatic heterocycles. The molecule has 0 saturated carbocycles. The van der Waals surface area contributed by atoms with Gasteiger partial charge >= 0.3 is 0 Å². The molecule has 0 spiro atoms. The predicted octanol–water partition coefficient (Wildman–Crippen LogP) is 5.50. The van der Waals surface area contributed by atoms with E-state index in [0.717, 1.165) is 49.2 Å². The molecule has 0 saturated heterocycles. The molecule has 0 atom stereocenters. The van der Waals surface area contributed by atoms with Crippen LogP contribution in [-0.2, 0) is 17.8 Å². The second kappa shape index (κ2) is 9.87. The van der Waals surface area contributed by atoms with Crippen LogP contribution in [0.2, 0.25) is 0 Å². The summed E-state index contributed by atoms with van der Waals surface area (Å²) < 4.78 is 22.5. The van der Waals surface area contributed by atoms with Gasteiger partial charge in [-0.1, -0.05) is 55.0 Å². The molecule has 5 rings (SSSR count). The molecule has 6 nitrogen and oxygen atoms in total. The van der Waals surface area contributed by atoms with Crippen molar-refractivity contribution >= 4 is 11.6 Å². The molecule has 3 aromatic carbocycles. The van der Waals surface area contributed by atoms with Crippen LogP contribution in [0.1, 0.15) is 25.1 Å². The maximum atomic E-state index is 14.7. The lowest BCUT2D eigenvalue weighted by molar-refractivity contribution is -0.118. The zero-order chi connectivity index (χ0) is 23.3. The van der Waals surface area contributed by atoms with Crippen molar-refractivity contribution in [2.75, 3.05) is 11.9 Å². The number of nitrogens with zero attached hydrogens (tertiary/aromatic N) is 3. The lowest BCUT2D eigenvalue weighted by Crippen LogP contribution is -2.20. The van der Waals surface area contributed by atoms with E-state index < -0.39 is 5.82 Å². The number of benzene rings is 3. The summed E-state index contributed by atoms with van der Waals surface area (Å²) in [6.45, 7) is 0.596. The number of aromatic nitrogens is 3. The first-order valence-electron chi connectivity index (χ1n) is 11.5. The average Bonchev–Trinajstić information content (AvgIpc) is 3.12. The molecule has 0 aliphatic carbocycles. The first-order valence-corrected chi connectivity index (χ1v) is 11.5. The standard InChI is InChI=1S/C27H25FN4O2/c28-23-15-14-20(17-22(23)27-31-30-25-13-5-2-8-16-32(25)27)29-26(33)18-34-24-12-7-6-11-21(24)19-9-3-1-4-10-19/h1,3-4,6-7,9-12,14-15,17H,2,5,8,13,16,18H2,(H,29,33). The molecular weight excluding hydrogens is 431 g/mol. The van der Waals surface area contributed by atoms with Gasteiger partial charge < -0.3 is 14.6 Å². The summed E-state index contributed by atoms with van der Waals surface area (Å²) in [5.74, 6) is 1.27. The van der Waals surface area contributed by atoms with Crippen LogP contribution in [-0.4, -0.2) is 27.3 Å². The molecule has 0 unspecified atom stereocenters. The van der Waals surface area contributed by atoms with Gasteiger partial charge in [0, 0.05) is 24.2 Å². The maximum Gasteiger partial charge on any atom is 0.262 e. The molecule has 4 aromatic rings. The van der Waals surface area contributed by atoms with Crippen LogP contribution in [0.4, 0.5) is 10.1 Å². The molecule has 2 heterocycles. The summed E-state index contributed by atoms with van der Waals surface area (Å²) in [6.07, 6.45) is 4.03. The second-order valence-electron chi connectivity index (χ2n) is 8.30. The van der Waals surface area contributed by atoms with Gasteiger partial charge in [0.05, 0.1) is 5.56 Å². The van der Waals surface area contributed by atoms with Crippen molar-refractivity contribution in [1.82, 2.24) is 14.8 Å². The topological polar surface area (TPSA) is 69.0 Å². The Balaban J connectivity index is 1.30. The van der Waals surface area contributed by atoms with Crippen molar-refractivity contribution in [3.8, 4) is 28.3 Å². The summed E-state index contributed by atoms with van der Waals surface area (Å²) in [5.41, 5.74) is 2.72. The number of hydrogen-bond donors (Lipinski definition) is 1. The van der Waals surface area contributed by atoms with E-state index in [1.54, 1.807) is 6.07 Å². The van der Waals surface area contributed by atoms with Crippen molar-refractivity contribution in [2.24, 2.45) is 0 Å². The van der Waals surface area contributed by atoms with Crippen LogP contribution >= 0.6 is 0 Å². The Hall–Kier alpha value is -4.00. The molecule has 1 aliphatic rings. The van der Waals surface area contributed by atoms with E-state index in [-0.39, 0.29) is 12.5 Å². The molecule has 0 bridgehead atoms.